The van der Waals surface area contributed by atoms with Crippen LogP contribution in [-0.2, 0) is 9.53 Å². The smallest absolute Gasteiger partial charge is 0.411 e. The highest BCUT2D eigenvalue weighted by atomic mass is 19.1. The van der Waals surface area contributed by atoms with Gasteiger partial charge in [0.05, 0.1) is 18.0 Å². The lowest BCUT2D eigenvalue weighted by atomic mass is 10.2. The van der Waals surface area contributed by atoms with Gasteiger partial charge >= 0.3 is 6.09 Å². The molecule has 0 heterocycles. The standard InChI is InChI=1S/C12H15FN2O3/c1-4-18-12(17)14-10-7-9(13)5-6-11(10)15(3)8(2)16/h5-7H,4H2,1-3H3,(H,14,17). The second-order valence-electron chi connectivity index (χ2n) is 3.58. The van der Waals surface area contributed by atoms with Crippen LogP contribution in [0.2, 0.25) is 0 Å². The van der Waals surface area contributed by atoms with Crippen molar-refractivity contribution in [1.29, 1.82) is 0 Å². The van der Waals surface area contributed by atoms with Crippen molar-refractivity contribution in [1.82, 2.24) is 0 Å². The summed E-state index contributed by atoms with van der Waals surface area (Å²) in [4.78, 5) is 23.9. The summed E-state index contributed by atoms with van der Waals surface area (Å²) in [7, 11) is 1.53. The molecule has 2 amide bonds. The number of ether oxygens (including phenoxy) is 1. The SMILES string of the molecule is CCOC(=O)Nc1cc(F)ccc1N(C)C(C)=O. The Kier molecular flexibility index (Phi) is 4.65. The average Bonchev–Trinajstić information content (AvgIpc) is 2.28. The molecule has 0 bridgehead atoms. The fraction of sp³-hybridized carbons (Fsp3) is 0.333. The van der Waals surface area contributed by atoms with Crippen molar-refractivity contribution < 1.29 is 18.7 Å². The first-order valence-corrected chi connectivity index (χ1v) is 5.43. The summed E-state index contributed by atoms with van der Waals surface area (Å²) in [6.45, 7) is 3.24. The first-order valence-electron chi connectivity index (χ1n) is 5.43. The summed E-state index contributed by atoms with van der Waals surface area (Å²) < 4.78 is 17.9. The van der Waals surface area contributed by atoms with E-state index in [-0.39, 0.29) is 18.2 Å². The van der Waals surface area contributed by atoms with Gasteiger partial charge in [0, 0.05) is 14.0 Å². The molecule has 1 aromatic rings. The van der Waals surface area contributed by atoms with Gasteiger partial charge in [-0.3, -0.25) is 10.1 Å². The molecule has 1 N–H and O–H groups in total. The number of hydrogen-bond acceptors (Lipinski definition) is 3. The molecule has 0 aliphatic heterocycles. The van der Waals surface area contributed by atoms with Crippen molar-refractivity contribution in [3.8, 4) is 0 Å². The molecule has 18 heavy (non-hydrogen) atoms. The maximum atomic E-state index is 13.2. The number of carbonyl (C=O) groups excluding carboxylic acids is 2. The van der Waals surface area contributed by atoms with E-state index in [0.29, 0.717) is 5.69 Å². The van der Waals surface area contributed by atoms with Crippen LogP contribution in [0.15, 0.2) is 18.2 Å². The molecule has 0 aliphatic rings. The second kappa shape index (κ2) is 6.00. The number of anilines is 2. The Morgan fingerprint density at radius 1 is 1.44 bits per heavy atom. The third-order valence-electron chi connectivity index (χ3n) is 2.30. The van der Waals surface area contributed by atoms with Gasteiger partial charge in [0.1, 0.15) is 5.82 Å². The van der Waals surface area contributed by atoms with E-state index in [1.54, 1.807) is 6.92 Å². The summed E-state index contributed by atoms with van der Waals surface area (Å²) >= 11 is 0. The van der Waals surface area contributed by atoms with E-state index in [0.717, 1.165) is 6.07 Å². The minimum Gasteiger partial charge on any atom is -0.450 e. The Labute approximate surface area is 105 Å². The Hall–Kier alpha value is -2.11. The molecule has 0 unspecified atom stereocenters. The summed E-state index contributed by atoms with van der Waals surface area (Å²) in [5, 5.41) is 2.39. The van der Waals surface area contributed by atoms with E-state index in [2.05, 4.69) is 5.32 Å². The van der Waals surface area contributed by atoms with E-state index in [1.807, 2.05) is 0 Å². The van der Waals surface area contributed by atoms with Gasteiger partial charge in [-0.15, -0.1) is 0 Å². The molecule has 0 atom stereocenters. The van der Waals surface area contributed by atoms with Crippen LogP contribution in [0.25, 0.3) is 0 Å². The van der Waals surface area contributed by atoms with Crippen molar-refractivity contribution >= 4 is 23.4 Å². The molecular weight excluding hydrogens is 239 g/mol. The van der Waals surface area contributed by atoms with Gasteiger partial charge in [-0.05, 0) is 25.1 Å². The molecule has 0 aliphatic carbocycles. The molecule has 5 nitrogen and oxygen atoms in total. The lowest BCUT2D eigenvalue weighted by Crippen LogP contribution is -2.25. The quantitative estimate of drug-likeness (QED) is 0.900. The summed E-state index contributed by atoms with van der Waals surface area (Å²) in [6.07, 6.45) is -0.693. The molecule has 0 spiro atoms. The fourth-order valence-electron chi connectivity index (χ4n) is 1.35. The van der Waals surface area contributed by atoms with E-state index >= 15 is 0 Å². The number of amides is 2. The maximum absolute atomic E-state index is 13.2. The van der Waals surface area contributed by atoms with Crippen LogP contribution in [0.1, 0.15) is 13.8 Å². The normalized spacial score (nSPS) is 9.78. The highest BCUT2D eigenvalue weighted by Gasteiger charge is 2.14. The van der Waals surface area contributed by atoms with Crippen LogP contribution in [0.5, 0.6) is 0 Å². The van der Waals surface area contributed by atoms with E-state index < -0.39 is 11.9 Å². The largest absolute Gasteiger partial charge is 0.450 e. The summed E-state index contributed by atoms with van der Waals surface area (Å²) in [6, 6.07) is 3.76. The van der Waals surface area contributed by atoms with Gasteiger partial charge in [-0.1, -0.05) is 0 Å². The first kappa shape index (κ1) is 14.0. The summed E-state index contributed by atoms with van der Waals surface area (Å²) in [5.41, 5.74) is 0.586. The van der Waals surface area contributed by atoms with Crippen molar-refractivity contribution in [2.24, 2.45) is 0 Å². The molecule has 0 aromatic heterocycles. The number of rotatable bonds is 3. The van der Waals surface area contributed by atoms with E-state index in [1.165, 1.54) is 31.0 Å². The zero-order chi connectivity index (χ0) is 13.7. The monoisotopic (exact) mass is 254 g/mol. The summed E-state index contributed by atoms with van der Waals surface area (Å²) in [5.74, 6) is -0.740. The zero-order valence-electron chi connectivity index (χ0n) is 10.5. The van der Waals surface area contributed by atoms with Crippen LogP contribution in [0.4, 0.5) is 20.6 Å². The van der Waals surface area contributed by atoms with E-state index in [4.69, 9.17) is 4.74 Å². The van der Waals surface area contributed by atoms with Crippen LogP contribution in [0, 0.1) is 5.82 Å². The highest BCUT2D eigenvalue weighted by Crippen LogP contribution is 2.26. The zero-order valence-corrected chi connectivity index (χ0v) is 10.5. The molecule has 0 saturated heterocycles. The second-order valence-corrected chi connectivity index (χ2v) is 3.58. The van der Waals surface area contributed by atoms with Crippen LogP contribution >= 0.6 is 0 Å². The number of nitrogens with zero attached hydrogens (tertiary/aromatic N) is 1. The molecule has 0 saturated carbocycles. The Balaban J connectivity index is 3.04. The fourth-order valence-corrected chi connectivity index (χ4v) is 1.35. The minimum atomic E-state index is -0.693. The van der Waals surface area contributed by atoms with Crippen LogP contribution in [0.3, 0.4) is 0 Å². The van der Waals surface area contributed by atoms with Crippen molar-refractivity contribution in [2.45, 2.75) is 13.8 Å². The van der Waals surface area contributed by atoms with E-state index in [9.17, 15) is 14.0 Å². The van der Waals surface area contributed by atoms with Crippen molar-refractivity contribution in [2.75, 3.05) is 23.9 Å². The molecule has 6 heteroatoms. The van der Waals surface area contributed by atoms with Gasteiger partial charge < -0.3 is 9.64 Å². The average molecular weight is 254 g/mol. The van der Waals surface area contributed by atoms with Gasteiger partial charge in [0.15, 0.2) is 0 Å². The Bertz CT molecular complexity index is 463. The van der Waals surface area contributed by atoms with Crippen LogP contribution in [-0.4, -0.2) is 25.7 Å². The predicted octanol–water partition coefficient (Wildman–Crippen LogP) is 2.38. The molecule has 0 fully saturated rings. The third kappa shape index (κ3) is 3.44. The lowest BCUT2D eigenvalue weighted by Gasteiger charge is -2.19. The topological polar surface area (TPSA) is 58.6 Å². The molecular formula is C12H15FN2O3. The number of hydrogen-bond donors (Lipinski definition) is 1. The van der Waals surface area contributed by atoms with Crippen LogP contribution < -0.4 is 10.2 Å². The molecule has 1 rings (SSSR count). The van der Waals surface area contributed by atoms with Gasteiger partial charge in [0.2, 0.25) is 5.91 Å². The van der Waals surface area contributed by atoms with Crippen molar-refractivity contribution in [3.05, 3.63) is 24.0 Å². The lowest BCUT2D eigenvalue weighted by molar-refractivity contribution is -0.116. The molecule has 1 aromatic carbocycles. The Morgan fingerprint density at radius 3 is 2.67 bits per heavy atom. The third-order valence-corrected chi connectivity index (χ3v) is 2.30. The minimum absolute atomic E-state index is 0.186. The van der Waals surface area contributed by atoms with Gasteiger partial charge in [0.25, 0.3) is 0 Å². The van der Waals surface area contributed by atoms with Gasteiger partial charge in [-0.2, -0.15) is 0 Å². The molecule has 98 valence electrons. The predicted molar refractivity (Wildman–Crippen MR) is 66.1 cm³/mol. The maximum Gasteiger partial charge on any atom is 0.411 e. The first-order chi connectivity index (χ1) is 8.45. The number of nitrogens with one attached hydrogen (secondary N) is 1. The number of halogens is 1. The number of benzene rings is 1. The molecule has 0 radical (unpaired) electrons. The number of carbonyl (C=O) groups is 2. The van der Waals surface area contributed by atoms with Crippen molar-refractivity contribution in [3.63, 3.8) is 0 Å². The highest BCUT2D eigenvalue weighted by molar-refractivity contribution is 5.98. The Morgan fingerprint density at radius 2 is 2.11 bits per heavy atom. The van der Waals surface area contributed by atoms with Gasteiger partial charge in [-0.25, -0.2) is 9.18 Å².